The van der Waals surface area contributed by atoms with Crippen molar-refractivity contribution in [3.05, 3.63) is 33.8 Å². The van der Waals surface area contributed by atoms with Crippen LogP contribution < -0.4 is 0 Å². The molecule has 0 radical (unpaired) electrons. The normalized spacial score (nSPS) is 19.6. The molecule has 2 nitrogen and oxygen atoms in total. The average molecular weight is 302 g/mol. The van der Waals surface area contributed by atoms with Crippen molar-refractivity contribution in [2.24, 2.45) is 0 Å². The summed E-state index contributed by atoms with van der Waals surface area (Å²) in [5, 5.41) is 12.1. The molecule has 1 aromatic rings. The van der Waals surface area contributed by atoms with Crippen molar-refractivity contribution >= 4 is 23.2 Å². The standard InChI is InChI=1S/C15H21Cl2NO/c1-2-7-18-8-5-15(19,6-9-18)11-12-10-13(16)3-4-14(12)17/h3-4,10,19H,2,5-9,11H2,1H3. The first-order chi connectivity index (χ1) is 9.02. The summed E-state index contributed by atoms with van der Waals surface area (Å²) in [5.41, 5.74) is 0.305. The van der Waals surface area contributed by atoms with Gasteiger partial charge in [-0.15, -0.1) is 0 Å². The molecule has 0 atom stereocenters. The van der Waals surface area contributed by atoms with E-state index in [0.29, 0.717) is 16.5 Å². The Morgan fingerprint density at radius 1 is 1.26 bits per heavy atom. The van der Waals surface area contributed by atoms with Gasteiger partial charge in [-0.3, -0.25) is 0 Å². The molecule has 1 heterocycles. The van der Waals surface area contributed by atoms with E-state index in [1.807, 2.05) is 6.07 Å². The monoisotopic (exact) mass is 301 g/mol. The van der Waals surface area contributed by atoms with Gasteiger partial charge in [-0.25, -0.2) is 0 Å². The van der Waals surface area contributed by atoms with Crippen LogP contribution in [0.5, 0.6) is 0 Å². The zero-order valence-corrected chi connectivity index (χ0v) is 12.8. The number of hydrogen-bond acceptors (Lipinski definition) is 2. The van der Waals surface area contributed by atoms with E-state index in [2.05, 4.69) is 11.8 Å². The Balaban J connectivity index is 2.00. The average Bonchev–Trinajstić information content (AvgIpc) is 2.37. The van der Waals surface area contributed by atoms with Crippen LogP contribution in [0.1, 0.15) is 31.7 Å². The second kappa shape index (κ2) is 6.45. The molecule has 0 aliphatic carbocycles. The van der Waals surface area contributed by atoms with Crippen LogP contribution >= 0.6 is 23.2 Å². The van der Waals surface area contributed by atoms with Crippen molar-refractivity contribution in [2.75, 3.05) is 19.6 Å². The van der Waals surface area contributed by atoms with Crippen LogP contribution in [0.2, 0.25) is 10.0 Å². The number of piperidine rings is 1. The summed E-state index contributed by atoms with van der Waals surface area (Å²) in [5.74, 6) is 0. The molecule has 0 aromatic heterocycles. The summed E-state index contributed by atoms with van der Waals surface area (Å²) in [6.45, 7) is 5.23. The Morgan fingerprint density at radius 2 is 1.95 bits per heavy atom. The Labute approximate surface area is 125 Å². The minimum atomic E-state index is -0.640. The SMILES string of the molecule is CCCN1CCC(O)(Cc2cc(Cl)ccc2Cl)CC1. The highest BCUT2D eigenvalue weighted by molar-refractivity contribution is 6.33. The van der Waals surface area contributed by atoms with Crippen LogP contribution in [0.25, 0.3) is 0 Å². The maximum atomic E-state index is 10.7. The van der Waals surface area contributed by atoms with E-state index >= 15 is 0 Å². The lowest BCUT2D eigenvalue weighted by atomic mass is 9.85. The lowest BCUT2D eigenvalue weighted by molar-refractivity contribution is -0.0204. The second-order valence-corrected chi connectivity index (χ2v) is 6.32. The number of aliphatic hydroxyl groups is 1. The van der Waals surface area contributed by atoms with Gasteiger partial charge in [0.2, 0.25) is 0 Å². The minimum absolute atomic E-state index is 0.590. The van der Waals surface area contributed by atoms with E-state index in [9.17, 15) is 5.11 Å². The largest absolute Gasteiger partial charge is 0.389 e. The molecule has 2 rings (SSSR count). The molecular weight excluding hydrogens is 281 g/mol. The van der Waals surface area contributed by atoms with E-state index in [4.69, 9.17) is 23.2 Å². The highest BCUT2D eigenvalue weighted by Crippen LogP contribution is 2.30. The first kappa shape index (κ1) is 15.1. The molecule has 0 saturated carbocycles. The van der Waals surface area contributed by atoms with Gasteiger partial charge in [0.1, 0.15) is 0 Å². The smallest absolute Gasteiger partial charge is 0.0712 e. The van der Waals surface area contributed by atoms with Crippen LogP contribution in [0.3, 0.4) is 0 Å². The lowest BCUT2D eigenvalue weighted by Gasteiger charge is -2.38. The molecule has 0 bridgehead atoms. The molecule has 1 saturated heterocycles. The Morgan fingerprint density at radius 3 is 2.58 bits per heavy atom. The van der Waals surface area contributed by atoms with Crippen molar-refractivity contribution in [3.8, 4) is 0 Å². The third-order valence-corrected chi connectivity index (χ3v) is 4.46. The van der Waals surface area contributed by atoms with E-state index < -0.39 is 5.60 Å². The van der Waals surface area contributed by atoms with E-state index in [-0.39, 0.29) is 0 Å². The Hall–Kier alpha value is -0.280. The minimum Gasteiger partial charge on any atom is -0.389 e. The number of hydrogen-bond donors (Lipinski definition) is 1. The van der Waals surface area contributed by atoms with Crippen LogP contribution in [-0.4, -0.2) is 35.2 Å². The molecule has 1 N–H and O–H groups in total. The Bertz CT molecular complexity index is 428. The van der Waals surface area contributed by atoms with Crippen LogP contribution in [-0.2, 0) is 6.42 Å². The fourth-order valence-corrected chi connectivity index (χ4v) is 3.10. The fraction of sp³-hybridized carbons (Fsp3) is 0.600. The second-order valence-electron chi connectivity index (χ2n) is 5.48. The molecule has 1 aliphatic rings. The summed E-state index contributed by atoms with van der Waals surface area (Å²) < 4.78 is 0. The lowest BCUT2D eigenvalue weighted by Crippen LogP contribution is -2.45. The number of benzene rings is 1. The van der Waals surface area contributed by atoms with Crippen LogP contribution in [0.15, 0.2) is 18.2 Å². The van der Waals surface area contributed by atoms with Gasteiger partial charge in [-0.1, -0.05) is 30.1 Å². The van der Waals surface area contributed by atoms with Gasteiger partial charge in [-0.05, 0) is 49.6 Å². The topological polar surface area (TPSA) is 23.5 Å². The third kappa shape index (κ3) is 4.09. The molecule has 0 amide bonds. The molecule has 1 fully saturated rings. The first-order valence-corrected chi connectivity index (χ1v) is 7.67. The van der Waals surface area contributed by atoms with Gasteiger partial charge >= 0.3 is 0 Å². The van der Waals surface area contributed by atoms with E-state index in [1.165, 1.54) is 6.42 Å². The number of halogens is 2. The highest BCUT2D eigenvalue weighted by Gasteiger charge is 2.32. The van der Waals surface area contributed by atoms with Gasteiger partial charge in [0.25, 0.3) is 0 Å². The van der Waals surface area contributed by atoms with Gasteiger partial charge in [-0.2, -0.15) is 0 Å². The zero-order valence-electron chi connectivity index (χ0n) is 11.3. The molecule has 19 heavy (non-hydrogen) atoms. The van der Waals surface area contributed by atoms with Gasteiger partial charge in [0.05, 0.1) is 5.60 Å². The predicted octanol–water partition coefficient (Wildman–Crippen LogP) is 3.77. The molecule has 4 heteroatoms. The summed E-state index contributed by atoms with van der Waals surface area (Å²) in [4.78, 5) is 2.41. The first-order valence-electron chi connectivity index (χ1n) is 6.91. The zero-order chi connectivity index (χ0) is 13.9. The molecule has 106 valence electrons. The molecule has 1 aromatic carbocycles. The molecule has 0 unspecified atom stereocenters. The van der Waals surface area contributed by atoms with E-state index in [0.717, 1.165) is 38.0 Å². The fourth-order valence-electron chi connectivity index (χ4n) is 2.72. The molecular formula is C15H21Cl2NO. The predicted molar refractivity (Wildman–Crippen MR) is 81.1 cm³/mol. The summed E-state index contributed by atoms with van der Waals surface area (Å²) in [6, 6.07) is 5.44. The van der Waals surface area contributed by atoms with Crippen molar-refractivity contribution in [2.45, 2.75) is 38.2 Å². The summed E-state index contributed by atoms with van der Waals surface area (Å²) in [7, 11) is 0. The number of rotatable bonds is 4. The van der Waals surface area contributed by atoms with E-state index in [1.54, 1.807) is 12.1 Å². The van der Waals surface area contributed by atoms with Gasteiger partial charge in [0, 0.05) is 29.6 Å². The maximum Gasteiger partial charge on any atom is 0.0712 e. The maximum absolute atomic E-state index is 10.7. The highest BCUT2D eigenvalue weighted by atomic mass is 35.5. The number of likely N-dealkylation sites (tertiary alicyclic amines) is 1. The summed E-state index contributed by atoms with van der Waals surface area (Å²) in [6.07, 6.45) is 3.36. The third-order valence-electron chi connectivity index (χ3n) is 3.85. The van der Waals surface area contributed by atoms with Gasteiger partial charge in [0.15, 0.2) is 0 Å². The van der Waals surface area contributed by atoms with Crippen LogP contribution in [0, 0.1) is 0 Å². The van der Waals surface area contributed by atoms with Crippen molar-refractivity contribution in [1.29, 1.82) is 0 Å². The van der Waals surface area contributed by atoms with Crippen molar-refractivity contribution < 1.29 is 5.11 Å². The molecule has 0 spiro atoms. The summed E-state index contributed by atoms with van der Waals surface area (Å²) >= 11 is 12.2. The molecule has 1 aliphatic heterocycles. The van der Waals surface area contributed by atoms with Crippen molar-refractivity contribution in [3.63, 3.8) is 0 Å². The number of nitrogens with zero attached hydrogens (tertiary/aromatic N) is 1. The van der Waals surface area contributed by atoms with Crippen molar-refractivity contribution in [1.82, 2.24) is 4.90 Å². The quantitative estimate of drug-likeness (QED) is 0.915. The van der Waals surface area contributed by atoms with Crippen LogP contribution in [0.4, 0.5) is 0 Å². The Kier molecular flexibility index (Phi) is 5.13. The van der Waals surface area contributed by atoms with Gasteiger partial charge < -0.3 is 10.0 Å².